The van der Waals surface area contributed by atoms with Crippen LogP contribution in [0.4, 0.5) is 48.2 Å². The summed E-state index contributed by atoms with van der Waals surface area (Å²) >= 11 is 0. The molecule has 6 aromatic rings. The number of H-pyrrole nitrogens is 2. The van der Waals surface area contributed by atoms with Gasteiger partial charge in [-0.2, -0.15) is 0 Å². The predicted octanol–water partition coefficient (Wildman–Crippen LogP) is 9.19. The first-order valence-corrected chi connectivity index (χ1v) is 25.7. The number of benzene rings is 4. The minimum absolute atomic E-state index is 0.0128. The lowest BCUT2D eigenvalue weighted by Gasteiger charge is -2.38. The molecule has 0 aliphatic carbocycles. The van der Waals surface area contributed by atoms with Crippen molar-refractivity contribution in [1.29, 1.82) is 0 Å². The summed E-state index contributed by atoms with van der Waals surface area (Å²) in [4.78, 5) is 63.7. The van der Waals surface area contributed by atoms with Crippen LogP contribution in [-0.4, -0.2) is 126 Å². The second-order valence-corrected chi connectivity index (χ2v) is 20.1. The third-order valence-corrected chi connectivity index (χ3v) is 15.7. The molecular formula is C54H60F6N10O6. The quantitative estimate of drug-likeness (QED) is 0.0892. The lowest BCUT2D eigenvalue weighted by Crippen LogP contribution is -2.54. The Balaban J connectivity index is 0.997. The van der Waals surface area contributed by atoms with Crippen molar-refractivity contribution in [3.8, 4) is 0 Å². The third-order valence-electron chi connectivity index (χ3n) is 15.7. The molecule has 0 bridgehead atoms. The Morgan fingerprint density at radius 1 is 0.632 bits per heavy atom. The molecular weight excluding hydrogens is 999 g/mol. The second kappa shape index (κ2) is 21.5. The van der Waals surface area contributed by atoms with E-state index >= 15 is 17.6 Å². The van der Waals surface area contributed by atoms with Crippen molar-refractivity contribution >= 4 is 57.0 Å². The first-order chi connectivity index (χ1) is 36.6. The Morgan fingerprint density at radius 3 is 1.63 bits per heavy atom. The highest BCUT2D eigenvalue weighted by Crippen LogP contribution is 2.50. The van der Waals surface area contributed by atoms with E-state index in [1.54, 1.807) is 40.9 Å². The number of rotatable bonds is 14. The van der Waals surface area contributed by atoms with Crippen LogP contribution in [-0.2, 0) is 23.8 Å². The maximum atomic E-state index is 16.9. The van der Waals surface area contributed by atoms with E-state index in [9.17, 15) is 23.2 Å². The molecule has 2 aromatic heterocycles. The van der Waals surface area contributed by atoms with Gasteiger partial charge in [0.2, 0.25) is 11.8 Å². The number of hydrogen-bond acceptors (Lipinski definition) is 11. The third kappa shape index (κ3) is 9.84. The maximum Gasteiger partial charge on any atom is 0.407 e. The van der Waals surface area contributed by atoms with Gasteiger partial charge in [-0.3, -0.25) is 9.59 Å². The largest absolute Gasteiger partial charge is 0.453 e. The average molecular weight is 1060 g/mol. The number of carbonyl (C=O) groups excluding carboxylic acids is 3. The number of anilines is 3. The van der Waals surface area contributed by atoms with Gasteiger partial charge in [0.25, 0.3) is 0 Å². The standard InChI is InChI=1S/C54H60F6N10O6/c1-28(74-3)21-47(71)68-15-7-11-45(68)51-61-39-24-31(35(57)26-41(39)63-51)43-13-14-44(70(43)30-22-37(59)50(38(60)23-30)67-19-17-66(18-20-67)49-33(55)9-6-10-34(49)56)32-25-40-42(27-36(32)58)64-52(62-40)46-12-8-16-69(46)53(72)48(29(2)75-4)65-54(73)76-5/h6,9-10,22-29,43-46,48H,7-8,11-21H2,1-5H3,(H,61,63)(H,62,64)(H,65,73)/t28-,29-,43-,44-,45+,46+,48+/m1/s1. The van der Waals surface area contributed by atoms with Gasteiger partial charge in [0, 0.05) is 82.4 Å². The summed E-state index contributed by atoms with van der Waals surface area (Å²) in [5.74, 6) is -4.35. The number of piperazine rings is 1. The van der Waals surface area contributed by atoms with Gasteiger partial charge >= 0.3 is 6.09 Å². The second-order valence-electron chi connectivity index (χ2n) is 20.1. The van der Waals surface area contributed by atoms with E-state index in [2.05, 4.69) is 15.3 Å². The maximum absolute atomic E-state index is 16.9. The smallest absolute Gasteiger partial charge is 0.407 e. The first-order valence-electron chi connectivity index (χ1n) is 25.7. The summed E-state index contributed by atoms with van der Waals surface area (Å²) in [6.45, 7) is 4.54. The summed E-state index contributed by atoms with van der Waals surface area (Å²) in [6.07, 6.45) is 1.32. The van der Waals surface area contributed by atoms with Crippen LogP contribution in [0.15, 0.2) is 54.6 Å². The van der Waals surface area contributed by atoms with Crippen LogP contribution in [0, 0.1) is 34.9 Å². The van der Waals surface area contributed by atoms with E-state index < -0.39 is 77.2 Å². The van der Waals surface area contributed by atoms with E-state index in [4.69, 9.17) is 24.2 Å². The molecule has 22 heteroatoms. The van der Waals surface area contributed by atoms with Crippen LogP contribution in [0.25, 0.3) is 22.1 Å². The number of imidazole rings is 2. The SMILES string of the molecule is COC(=O)N[C@H](C(=O)N1CCC[C@H]1c1nc2cc(F)c([C@H]3CC[C@H](c4cc5[nH]c([C@@H]6CCCN6C(=O)C[C@@H](C)OC)nc5cc4F)N3c3cc(F)c(N4CCN(c5c(F)cccc5F)CC4)c(F)c3)cc2[nH]1)[C@@H](C)OC. The number of fused-ring (bicyclic) bond motifs is 2. The molecule has 10 rings (SSSR count). The first kappa shape index (κ1) is 52.4. The molecule has 6 heterocycles. The van der Waals surface area contributed by atoms with Gasteiger partial charge < -0.3 is 54.0 Å². The van der Waals surface area contributed by atoms with Crippen molar-refractivity contribution in [2.75, 3.05) is 75.3 Å². The summed E-state index contributed by atoms with van der Waals surface area (Å²) in [7, 11) is 4.15. The minimum atomic E-state index is -1.08. The Bertz CT molecular complexity index is 3120. The van der Waals surface area contributed by atoms with Crippen LogP contribution in [0.3, 0.4) is 0 Å². The minimum Gasteiger partial charge on any atom is -0.453 e. The molecule has 16 nitrogen and oxygen atoms in total. The highest BCUT2D eigenvalue weighted by atomic mass is 19.2. The molecule has 76 heavy (non-hydrogen) atoms. The number of ether oxygens (including phenoxy) is 3. The Kier molecular flexibility index (Phi) is 14.8. The molecule has 4 fully saturated rings. The molecule has 4 aliphatic rings. The molecule has 404 valence electrons. The highest BCUT2D eigenvalue weighted by molar-refractivity contribution is 5.87. The van der Waals surface area contributed by atoms with Gasteiger partial charge in [-0.1, -0.05) is 6.07 Å². The number of carbonyl (C=O) groups is 3. The fourth-order valence-electron chi connectivity index (χ4n) is 11.7. The Hall–Kier alpha value is -7.07. The van der Waals surface area contributed by atoms with E-state index in [1.807, 2.05) is 6.92 Å². The number of alkyl carbamates (subject to hydrolysis) is 1. The zero-order valence-electron chi connectivity index (χ0n) is 42.8. The van der Waals surface area contributed by atoms with Crippen molar-refractivity contribution < 1.29 is 54.9 Å². The van der Waals surface area contributed by atoms with E-state index in [1.165, 1.54) is 42.2 Å². The normalized spacial score (nSPS) is 21.3. The van der Waals surface area contributed by atoms with Crippen LogP contribution in [0.5, 0.6) is 0 Å². The molecule has 4 aliphatic heterocycles. The van der Waals surface area contributed by atoms with Crippen LogP contribution >= 0.6 is 0 Å². The zero-order chi connectivity index (χ0) is 53.7. The highest BCUT2D eigenvalue weighted by Gasteiger charge is 2.42. The van der Waals surface area contributed by atoms with Crippen molar-refractivity contribution in [3.63, 3.8) is 0 Å². The summed E-state index contributed by atoms with van der Waals surface area (Å²) in [6, 6.07) is 7.77. The fraction of sp³-hybridized carbons (Fsp3) is 0.463. The molecule has 3 N–H and O–H groups in total. The molecule has 0 spiro atoms. The molecule has 0 saturated carbocycles. The topological polar surface area (TPSA) is 164 Å². The van der Waals surface area contributed by atoms with Gasteiger partial charge in [0.05, 0.1) is 72.0 Å². The van der Waals surface area contributed by atoms with E-state index in [0.29, 0.717) is 60.6 Å². The molecule has 4 aromatic carbocycles. The molecule has 3 amide bonds. The van der Waals surface area contributed by atoms with Gasteiger partial charge in [-0.05, 0) is 88.8 Å². The van der Waals surface area contributed by atoms with Crippen molar-refractivity contribution in [2.45, 2.75) is 101 Å². The Morgan fingerprint density at radius 2 is 1.13 bits per heavy atom. The summed E-state index contributed by atoms with van der Waals surface area (Å²) in [5.41, 5.74) is 1.22. The number of nitrogens with one attached hydrogen (secondary N) is 3. The zero-order valence-corrected chi connectivity index (χ0v) is 42.8. The van der Waals surface area contributed by atoms with Crippen LogP contribution < -0.4 is 20.0 Å². The lowest BCUT2D eigenvalue weighted by atomic mass is 10.0. The monoisotopic (exact) mass is 1060 g/mol. The van der Waals surface area contributed by atoms with Crippen molar-refractivity contribution in [2.24, 2.45) is 0 Å². The molecule has 7 atom stereocenters. The van der Waals surface area contributed by atoms with Crippen LogP contribution in [0.2, 0.25) is 0 Å². The van der Waals surface area contributed by atoms with Crippen LogP contribution in [0.1, 0.15) is 106 Å². The number of aromatic amines is 2. The average Bonchev–Trinajstić information content (AvgIpc) is 4.31. The molecule has 0 unspecified atom stereocenters. The number of hydrogen-bond donors (Lipinski definition) is 3. The lowest BCUT2D eigenvalue weighted by molar-refractivity contribution is -0.137. The summed E-state index contributed by atoms with van der Waals surface area (Å²) < 4.78 is 112. The molecule has 0 radical (unpaired) electrons. The van der Waals surface area contributed by atoms with E-state index in [0.717, 1.165) is 30.7 Å². The number of amides is 3. The van der Waals surface area contributed by atoms with Gasteiger partial charge in [0.15, 0.2) is 11.6 Å². The summed E-state index contributed by atoms with van der Waals surface area (Å²) in [5, 5.41) is 2.56. The Labute approximate surface area is 434 Å². The number of methoxy groups -OCH3 is 3. The fourth-order valence-corrected chi connectivity index (χ4v) is 11.7. The predicted molar refractivity (Wildman–Crippen MR) is 271 cm³/mol. The number of aromatic nitrogens is 4. The van der Waals surface area contributed by atoms with Gasteiger partial charge in [-0.25, -0.2) is 41.1 Å². The van der Waals surface area contributed by atoms with E-state index in [-0.39, 0.29) is 97.2 Å². The number of nitrogens with zero attached hydrogens (tertiary/aromatic N) is 7. The number of likely N-dealkylation sites (tertiary alicyclic amines) is 2. The number of halogens is 6. The van der Waals surface area contributed by atoms with Crippen molar-refractivity contribution in [3.05, 3.63) is 112 Å². The van der Waals surface area contributed by atoms with Gasteiger partial charge in [0.1, 0.15) is 52.3 Å². The molecule has 4 saturated heterocycles. The number of para-hydroxylation sites is 1. The van der Waals surface area contributed by atoms with Crippen molar-refractivity contribution in [1.82, 2.24) is 35.1 Å². The van der Waals surface area contributed by atoms with Gasteiger partial charge in [-0.15, -0.1) is 0 Å².